The van der Waals surface area contributed by atoms with Gasteiger partial charge in [-0.15, -0.1) is 0 Å². The van der Waals surface area contributed by atoms with Crippen LogP contribution in [0.25, 0.3) is 11.0 Å². The molecule has 0 saturated carbocycles. The van der Waals surface area contributed by atoms with Crippen molar-refractivity contribution >= 4 is 16.9 Å². The fourth-order valence-corrected chi connectivity index (χ4v) is 1.87. The van der Waals surface area contributed by atoms with Crippen LogP contribution >= 0.6 is 0 Å². The van der Waals surface area contributed by atoms with Gasteiger partial charge in [-0.2, -0.15) is 4.57 Å². The third kappa shape index (κ3) is 1.83. The molecule has 1 aromatic carbocycles. The molecule has 0 aliphatic rings. The van der Waals surface area contributed by atoms with Gasteiger partial charge in [0.15, 0.2) is 5.58 Å². The van der Waals surface area contributed by atoms with Gasteiger partial charge in [-0.1, -0.05) is 18.2 Å². The molecule has 2 aromatic heterocycles. The van der Waals surface area contributed by atoms with E-state index >= 15 is 0 Å². The number of benzene rings is 1. The number of pyridine rings is 1. The zero-order valence-electron chi connectivity index (χ0n) is 10.1. The Labute approximate surface area is 111 Å². The summed E-state index contributed by atoms with van der Waals surface area (Å²) >= 11 is 0. The summed E-state index contributed by atoms with van der Waals surface area (Å²) in [7, 11) is 0. The predicted octanol–water partition coefficient (Wildman–Crippen LogP) is 1.04. The zero-order valence-corrected chi connectivity index (χ0v) is 10.1. The molecule has 0 radical (unpaired) electrons. The van der Waals surface area contributed by atoms with Crippen LogP contribution in [0.2, 0.25) is 0 Å². The molecule has 0 N–H and O–H groups in total. The lowest BCUT2D eigenvalue weighted by Crippen LogP contribution is -2.38. The van der Waals surface area contributed by atoms with Crippen LogP contribution < -0.4 is 11.3 Å². The average Bonchev–Trinajstić information content (AvgIpc) is 2.48. The van der Waals surface area contributed by atoms with Crippen LogP contribution in [0.1, 0.15) is 10.4 Å². The minimum absolute atomic E-state index is 0.0552. The Morgan fingerprint density at radius 3 is 2.60 bits per heavy atom. The van der Waals surface area contributed by atoms with Gasteiger partial charge in [0.1, 0.15) is 0 Å². The first kappa shape index (κ1) is 12.0. The number of fused-ring (bicyclic) bond motifs is 1. The molecule has 0 atom stereocenters. The van der Waals surface area contributed by atoms with Gasteiger partial charge in [0.25, 0.3) is 11.5 Å². The number of hydrogen-bond acceptors (Lipinski definition) is 5. The lowest BCUT2D eigenvalue weighted by Gasteiger charge is -2.03. The molecule has 0 aliphatic heterocycles. The number of aromatic nitrogens is 2. The maximum Gasteiger partial charge on any atom is 0.429 e. The Morgan fingerprint density at radius 1 is 1.10 bits per heavy atom. The number of hydrogen-bond donors (Lipinski definition) is 0. The van der Waals surface area contributed by atoms with Crippen LogP contribution in [0.4, 0.5) is 0 Å². The summed E-state index contributed by atoms with van der Waals surface area (Å²) in [5, 5.41) is 0.129. The van der Waals surface area contributed by atoms with E-state index in [1.54, 1.807) is 18.2 Å². The van der Waals surface area contributed by atoms with Crippen molar-refractivity contribution in [1.29, 1.82) is 0 Å². The van der Waals surface area contributed by atoms with Crippen LogP contribution in [0.3, 0.4) is 0 Å². The van der Waals surface area contributed by atoms with Crippen molar-refractivity contribution in [3.63, 3.8) is 0 Å². The van der Waals surface area contributed by atoms with Crippen LogP contribution in [-0.2, 0) is 0 Å². The molecule has 0 amide bonds. The van der Waals surface area contributed by atoms with Crippen LogP contribution in [0.5, 0.6) is 0 Å². The van der Waals surface area contributed by atoms with Crippen molar-refractivity contribution in [2.75, 3.05) is 0 Å². The summed E-state index contributed by atoms with van der Waals surface area (Å²) in [6, 6.07) is 9.45. The van der Waals surface area contributed by atoms with Crippen molar-refractivity contribution in [2.45, 2.75) is 0 Å². The van der Waals surface area contributed by atoms with Gasteiger partial charge in [0, 0.05) is 11.8 Å². The first-order valence-electron chi connectivity index (χ1n) is 5.78. The highest BCUT2D eigenvalue weighted by atomic mass is 16.4. The molecule has 0 saturated heterocycles. The average molecular weight is 268 g/mol. The van der Waals surface area contributed by atoms with Gasteiger partial charge in [-0.05, 0) is 18.2 Å². The fraction of sp³-hybridized carbons (Fsp3) is 0. The number of rotatable bonds is 1. The molecule has 20 heavy (non-hydrogen) atoms. The molecule has 98 valence electrons. The van der Waals surface area contributed by atoms with E-state index in [1.165, 1.54) is 30.6 Å². The van der Waals surface area contributed by atoms with E-state index in [4.69, 9.17) is 4.42 Å². The molecule has 0 fully saturated rings. The largest absolute Gasteiger partial charge is 0.429 e. The van der Waals surface area contributed by atoms with E-state index in [0.29, 0.717) is 4.57 Å². The van der Waals surface area contributed by atoms with Crippen molar-refractivity contribution in [3.05, 3.63) is 75.3 Å². The highest BCUT2D eigenvalue weighted by molar-refractivity contribution is 5.96. The van der Waals surface area contributed by atoms with Gasteiger partial charge in [-0.25, -0.2) is 4.79 Å². The molecular weight excluding hydrogens is 260 g/mol. The molecule has 6 nitrogen and oxygen atoms in total. The third-order valence-electron chi connectivity index (χ3n) is 2.82. The molecule has 0 unspecified atom stereocenters. The van der Waals surface area contributed by atoms with E-state index in [2.05, 4.69) is 4.98 Å². The van der Waals surface area contributed by atoms with Crippen molar-refractivity contribution in [1.82, 2.24) is 9.55 Å². The van der Waals surface area contributed by atoms with E-state index in [1.807, 2.05) is 0 Å². The minimum Gasteiger partial charge on any atom is -0.407 e. The summed E-state index contributed by atoms with van der Waals surface area (Å²) in [4.78, 5) is 40.0. The fourth-order valence-electron chi connectivity index (χ4n) is 1.87. The minimum atomic E-state index is -1.02. The Hall–Kier alpha value is -3.02. The van der Waals surface area contributed by atoms with Crippen molar-refractivity contribution < 1.29 is 9.21 Å². The first-order valence-corrected chi connectivity index (χ1v) is 5.78. The topological polar surface area (TPSA) is 82.2 Å². The molecule has 0 spiro atoms. The molecule has 0 bridgehead atoms. The lowest BCUT2D eigenvalue weighted by molar-refractivity contribution is 0.0943. The molecule has 3 rings (SSSR count). The van der Waals surface area contributed by atoms with Crippen molar-refractivity contribution in [2.24, 2.45) is 0 Å². The first-order chi connectivity index (χ1) is 9.68. The smallest absolute Gasteiger partial charge is 0.407 e. The SMILES string of the molecule is O=C(c1ccccc1)n1c(=O)oc2cnccc2c1=O. The van der Waals surface area contributed by atoms with Gasteiger partial charge in [0.05, 0.1) is 11.6 Å². The molecular formula is C14H8N2O4. The Kier molecular flexibility index (Phi) is 2.76. The van der Waals surface area contributed by atoms with E-state index in [9.17, 15) is 14.4 Å². The zero-order chi connectivity index (χ0) is 14.1. The van der Waals surface area contributed by atoms with Crippen LogP contribution in [-0.4, -0.2) is 15.5 Å². The molecule has 0 aliphatic carbocycles. The van der Waals surface area contributed by atoms with E-state index in [0.717, 1.165) is 0 Å². The summed E-state index contributed by atoms with van der Waals surface area (Å²) in [6.45, 7) is 0. The maximum absolute atomic E-state index is 12.2. The van der Waals surface area contributed by atoms with E-state index < -0.39 is 17.2 Å². The number of carbonyl (C=O) groups is 1. The maximum atomic E-state index is 12.2. The second kappa shape index (κ2) is 4.58. The second-order valence-electron chi connectivity index (χ2n) is 4.05. The van der Waals surface area contributed by atoms with Crippen molar-refractivity contribution in [3.8, 4) is 0 Å². The standard InChI is InChI=1S/C14H8N2O4/c17-12(9-4-2-1-3-5-9)16-13(18)10-6-7-15-8-11(10)20-14(16)19/h1-8H. The van der Waals surface area contributed by atoms with Gasteiger partial charge in [-0.3, -0.25) is 14.6 Å². The molecule has 2 heterocycles. The monoisotopic (exact) mass is 268 g/mol. The van der Waals surface area contributed by atoms with Gasteiger partial charge >= 0.3 is 5.76 Å². The quantitative estimate of drug-likeness (QED) is 0.658. The number of nitrogens with zero attached hydrogens (tertiary/aromatic N) is 2. The summed E-state index contributed by atoms with van der Waals surface area (Å²) in [5.74, 6) is -1.74. The Balaban J connectivity index is 2.30. The van der Waals surface area contributed by atoms with Gasteiger partial charge in [0.2, 0.25) is 0 Å². The summed E-state index contributed by atoms with van der Waals surface area (Å²) in [6.07, 6.45) is 2.65. The predicted molar refractivity (Wildman–Crippen MR) is 70.7 cm³/mol. The van der Waals surface area contributed by atoms with Gasteiger partial charge < -0.3 is 4.42 Å². The second-order valence-corrected chi connectivity index (χ2v) is 4.05. The highest BCUT2D eigenvalue weighted by Gasteiger charge is 2.17. The Morgan fingerprint density at radius 2 is 1.85 bits per heavy atom. The molecule has 6 heteroatoms. The highest BCUT2D eigenvalue weighted by Crippen LogP contribution is 2.05. The molecule has 3 aromatic rings. The lowest BCUT2D eigenvalue weighted by atomic mass is 10.2. The number of carbonyl (C=O) groups excluding carboxylic acids is 1. The normalized spacial score (nSPS) is 10.6. The van der Waals surface area contributed by atoms with Crippen LogP contribution in [0.15, 0.2) is 62.8 Å². The summed E-state index contributed by atoms with van der Waals surface area (Å²) in [5.41, 5.74) is -0.428. The third-order valence-corrected chi connectivity index (χ3v) is 2.82. The Bertz CT molecular complexity index is 910. The van der Waals surface area contributed by atoms with E-state index in [-0.39, 0.29) is 16.5 Å². The van der Waals surface area contributed by atoms with Crippen LogP contribution in [0, 0.1) is 0 Å². The summed E-state index contributed by atoms with van der Waals surface area (Å²) < 4.78 is 5.42.